The van der Waals surface area contributed by atoms with E-state index in [-0.39, 0.29) is 21.3 Å². The van der Waals surface area contributed by atoms with Gasteiger partial charge in [-0.3, -0.25) is 9.52 Å². The summed E-state index contributed by atoms with van der Waals surface area (Å²) in [6, 6.07) is 17.1. The largest absolute Gasteiger partial charge is 0.294 e. The van der Waals surface area contributed by atoms with Gasteiger partial charge >= 0.3 is 0 Å². The van der Waals surface area contributed by atoms with Crippen LogP contribution in [0.15, 0.2) is 85.5 Å². The van der Waals surface area contributed by atoms with E-state index >= 15 is 0 Å². The number of rotatable bonds is 5. The molecule has 0 aliphatic heterocycles. The lowest BCUT2D eigenvalue weighted by molar-refractivity contribution is 0.0974. The van der Waals surface area contributed by atoms with E-state index in [4.69, 9.17) is 0 Å². The topological polar surface area (TPSA) is 102 Å². The predicted molar refractivity (Wildman–Crippen MR) is 141 cm³/mol. The quantitative estimate of drug-likeness (QED) is 0.301. The Balaban J connectivity index is 1.67. The molecule has 11 heteroatoms. The van der Waals surface area contributed by atoms with E-state index in [1.807, 2.05) is 0 Å². The van der Waals surface area contributed by atoms with Crippen LogP contribution < -0.4 is 4.72 Å². The summed E-state index contributed by atoms with van der Waals surface area (Å²) in [6.45, 7) is 0. The van der Waals surface area contributed by atoms with E-state index in [9.17, 15) is 21.6 Å². The number of aromatic nitrogens is 1. The molecule has 0 fully saturated rings. The van der Waals surface area contributed by atoms with E-state index in [2.05, 4.69) is 36.6 Å². The molecule has 0 amide bonds. The SMILES string of the molecule is O=C1CCCc2c1c1cc(NS(=O)(=O)c3ccc(Br)cc3)ccc1n2S(=O)(=O)c1ccc(Br)cc1. The van der Waals surface area contributed by atoms with E-state index in [1.165, 1.54) is 46.4 Å². The zero-order chi connectivity index (χ0) is 25.0. The van der Waals surface area contributed by atoms with Crippen LogP contribution in [-0.4, -0.2) is 26.6 Å². The van der Waals surface area contributed by atoms with Gasteiger partial charge in [0.05, 0.1) is 15.3 Å². The third-order valence-electron chi connectivity index (χ3n) is 5.84. The summed E-state index contributed by atoms with van der Waals surface area (Å²) in [5.74, 6) is -0.158. The van der Waals surface area contributed by atoms with Gasteiger partial charge in [0, 0.05) is 37.7 Å². The minimum absolute atomic E-state index is 0.0780. The third-order valence-corrected chi connectivity index (χ3v) is 10.1. The Morgan fingerprint density at radius 2 is 1.37 bits per heavy atom. The van der Waals surface area contributed by atoms with Gasteiger partial charge in [0.1, 0.15) is 0 Å². The van der Waals surface area contributed by atoms with Gasteiger partial charge in [-0.05, 0) is 79.6 Å². The number of hydrogen-bond acceptors (Lipinski definition) is 5. The molecule has 0 atom stereocenters. The molecule has 1 aliphatic rings. The van der Waals surface area contributed by atoms with Crippen molar-refractivity contribution in [1.82, 2.24) is 3.97 Å². The van der Waals surface area contributed by atoms with Gasteiger partial charge in [0.15, 0.2) is 5.78 Å². The number of halogens is 2. The van der Waals surface area contributed by atoms with Crippen molar-refractivity contribution in [2.24, 2.45) is 0 Å². The van der Waals surface area contributed by atoms with Crippen LogP contribution in [0.2, 0.25) is 0 Å². The Morgan fingerprint density at radius 1 is 0.771 bits per heavy atom. The molecule has 0 saturated heterocycles. The number of hydrogen-bond donors (Lipinski definition) is 1. The highest BCUT2D eigenvalue weighted by Gasteiger charge is 2.32. The van der Waals surface area contributed by atoms with Crippen molar-refractivity contribution in [1.29, 1.82) is 0 Å². The minimum atomic E-state index is -4.00. The van der Waals surface area contributed by atoms with Crippen LogP contribution in [0.4, 0.5) is 5.69 Å². The van der Waals surface area contributed by atoms with Crippen LogP contribution in [0.1, 0.15) is 28.9 Å². The van der Waals surface area contributed by atoms with Crippen LogP contribution in [0.3, 0.4) is 0 Å². The molecular formula is C24H18Br2N2O5S2. The summed E-state index contributed by atoms with van der Waals surface area (Å²) in [5.41, 5.74) is 1.32. The molecule has 1 N–H and O–H groups in total. The number of benzene rings is 3. The molecule has 7 nitrogen and oxygen atoms in total. The minimum Gasteiger partial charge on any atom is -0.294 e. The van der Waals surface area contributed by atoms with Crippen molar-refractivity contribution in [3.05, 3.63) is 86.9 Å². The van der Waals surface area contributed by atoms with Crippen LogP contribution in [0.25, 0.3) is 10.9 Å². The van der Waals surface area contributed by atoms with Crippen molar-refractivity contribution in [2.45, 2.75) is 29.1 Å². The summed E-state index contributed by atoms with van der Waals surface area (Å²) in [7, 11) is -7.89. The maximum atomic E-state index is 13.6. The van der Waals surface area contributed by atoms with Gasteiger partial charge in [-0.1, -0.05) is 31.9 Å². The van der Waals surface area contributed by atoms with Gasteiger partial charge < -0.3 is 0 Å². The molecule has 1 aromatic heterocycles. The molecule has 0 radical (unpaired) electrons. The second kappa shape index (κ2) is 8.88. The second-order valence-corrected chi connectivity index (χ2v) is 13.4. The zero-order valence-electron chi connectivity index (χ0n) is 18.0. The van der Waals surface area contributed by atoms with Gasteiger partial charge in [-0.25, -0.2) is 20.8 Å². The van der Waals surface area contributed by atoms with Crippen LogP contribution in [-0.2, 0) is 26.5 Å². The lowest BCUT2D eigenvalue weighted by Crippen LogP contribution is -2.19. The molecule has 0 unspecified atom stereocenters. The smallest absolute Gasteiger partial charge is 0.268 e. The molecule has 0 bridgehead atoms. The maximum absolute atomic E-state index is 13.6. The molecule has 0 saturated carbocycles. The lowest BCUT2D eigenvalue weighted by atomic mass is 9.94. The maximum Gasteiger partial charge on any atom is 0.268 e. The Hall–Kier alpha value is -2.47. The Bertz CT molecular complexity index is 1690. The summed E-state index contributed by atoms with van der Waals surface area (Å²) >= 11 is 6.60. The summed E-state index contributed by atoms with van der Waals surface area (Å²) in [5, 5.41) is 0.404. The average molecular weight is 638 g/mol. The average Bonchev–Trinajstić information content (AvgIpc) is 3.15. The fraction of sp³-hybridized carbons (Fsp3) is 0.125. The standard InChI is InChI=1S/C24H18Br2N2O5S2/c25-15-4-9-18(10-5-15)34(30,31)27-17-8-13-21-20(14-17)24-22(2-1-3-23(24)29)28(21)35(32,33)19-11-6-16(26)7-12-19/h4-14,27H,1-3H2. The van der Waals surface area contributed by atoms with Crippen molar-refractivity contribution >= 4 is 74.3 Å². The van der Waals surface area contributed by atoms with E-state index in [1.54, 1.807) is 24.3 Å². The normalized spacial score (nSPS) is 14.2. The Labute approximate surface area is 219 Å². The summed E-state index contributed by atoms with van der Waals surface area (Å²) in [6.07, 6.45) is 1.27. The van der Waals surface area contributed by atoms with Crippen molar-refractivity contribution in [3.8, 4) is 0 Å². The number of nitrogens with one attached hydrogen (secondary N) is 1. The summed E-state index contributed by atoms with van der Waals surface area (Å²) in [4.78, 5) is 13.1. The highest BCUT2D eigenvalue weighted by molar-refractivity contribution is 9.10. The molecule has 1 aliphatic carbocycles. The lowest BCUT2D eigenvalue weighted by Gasteiger charge is -2.15. The first kappa shape index (κ1) is 24.2. The number of nitrogens with zero attached hydrogens (tertiary/aromatic N) is 1. The van der Waals surface area contributed by atoms with Crippen molar-refractivity contribution in [2.75, 3.05) is 4.72 Å². The van der Waals surface area contributed by atoms with E-state index in [0.29, 0.717) is 41.4 Å². The number of sulfonamides is 1. The number of Topliss-reactive ketones (excluding diaryl/α,β-unsaturated/α-hetero) is 1. The number of carbonyl (C=O) groups excluding carboxylic acids is 1. The predicted octanol–water partition coefficient (Wildman–Crippen LogP) is 5.72. The van der Waals surface area contributed by atoms with Gasteiger partial charge in [0.2, 0.25) is 0 Å². The van der Waals surface area contributed by atoms with Gasteiger partial charge in [0.25, 0.3) is 20.0 Å². The van der Waals surface area contributed by atoms with Crippen molar-refractivity contribution < 1.29 is 21.6 Å². The molecule has 0 spiro atoms. The molecule has 180 valence electrons. The molecule has 3 aromatic carbocycles. The number of anilines is 1. The first-order valence-corrected chi connectivity index (χ1v) is 15.1. The fourth-order valence-corrected chi connectivity index (χ4v) is 7.43. The highest BCUT2D eigenvalue weighted by atomic mass is 79.9. The van der Waals surface area contributed by atoms with Crippen LogP contribution >= 0.6 is 31.9 Å². The molecule has 4 aromatic rings. The van der Waals surface area contributed by atoms with Crippen molar-refractivity contribution in [3.63, 3.8) is 0 Å². The molecule has 5 rings (SSSR count). The first-order chi connectivity index (χ1) is 16.6. The number of ketones is 1. The zero-order valence-corrected chi connectivity index (χ0v) is 22.8. The molecular weight excluding hydrogens is 620 g/mol. The molecule has 35 heavy (non-hydrogen) atoms. The van der Waals surface area contributed by atoms with Crippen LogP contribution in [0, 0.1) is 0 Å². The van der Waals surface area contributed by atoms with Crippen LogP contribution in [0.5, 0.6) is 0 Å². The van der Waals surface area contributed by atoms with E-state index < -0.39 is 20.0 Å². The van der Waals surface area contributed by atoms with Gasteiger partial charge in [-0.15, -0.1) is 0 Å². The summed E-state index contributed by atoms with van der Waals surface area (Å²) < 4.78 is 58.3. The fourth-order valence-electron chi connectivity index (χ4n) is 4.27. The second-order valence-electron chi connectivity index (χ2n) is 8.11. The van der Waals surface area contributed by atoms with Gasteiger partial charge in [-0.2, -0.15) is 0 Å². The first-order valence-electron chi connectivity index (χ1n) is 10.6. The Kier molecular flexibility index (Phi) is 6.15. The Morgan fingerprint density at radius 3 is 2.00 bits per heavy atom. The number of fused-ring (bicyclic) bond motifs is 3. The third kappa shape index (κ3) is 4.35. The molecule has 1 heterocycles. The monoisotopic (exact) mass is 636 g/mol. The highest BCUT2D eigenvalue weighted by Crippen LogP contribution is 2.37. The number of carbonyl (C=O) groups is 1. The van der Waals surface area contributed by atoms with E-state index in [0.717, 1.165) is 8.95 Å².